The van der Waals surface area contributed by atoms with Crippen LogP contribution in [0.5, 0.6) is 17.4 Å². The van der Waals surface area contributed by atoms with Crippen LogP contribution < -0.4 is 4.74 Å². The molecule has 17 heavy (non-hydrogen) atoms. The minimum absolute atomic E-state index is 0.107. The molecule has 0 atom stereocenters. The van der Waals surface area contributed by atoms with Crippen LogP contribution in [0.15, 0.2) is 30.6 Å². The number of aromatic nitrogens is 2. The quantitative estimate of drug-likeness (QED) is 0.850. The first kappa shape index (κ1) is 10.9. The van der Waals surface area contributed by atoms with E-state index in [1.54, 1.807) is 25.1 Å². The second kappa shape index (κ2) is 4.49. The van der Waals surface area contributed by atoms with Gasteiger partial charge in [-0.15, -0.1) is 0 Å². The summed E-state index contributed by atoms with van der Waals surface area (Å²) >= 11 is 0. The fourth-order valence-corrected chi connectivity index (χ4v) is 1.29. The molecule has 2 aromatic rings. The third-order valence-corrected chi connectivity index (χ3v) is 2.23. The van der Waals surface area contributed by atoms with E-state index in [9.17, 15) is 5.11 Å². The van der Waals surface area contributed by atoms with Crippen molar-refractivity contribution in [3.63, 3.8) is 0 Å². The number of hydrogen-bond acceptors (Lipinski definition) is 5. The van der Waals surface area contributed by atoms with Gasteiger partial charge >= 0.3 is 0 Å². The first-order valence-corrected chi connectivity index (χ1v) is 4.90. The third-order valence-electron chi connectivity index (χ3n) is 2.23. The van der Waals surface area contributed by atoms with Crippen molar-refractivity contribution in [1.82, 2.24) is 9.97 Å². The maximum atomic E-state index is 9.52. The van der Waals surface area contributed by atoms with Gasteiger partial charge in [-0.1, -0.05) is 6.07 Å². The highest BCUT2D eigenvalue weighted by Gasteiger charge is 2.10. The third kappa shape index (κ3) is 2.16. The molecule has 0 spiro atoms. The standard InChI is InChI=1S/C12H9N3O2/c1-8-10(16)3-2-4-11(8)17-12-9(7-13)14-5-6-15-12/h2-6,16H,1H3. The lowest BCUT2D eigenvalue weighted by atomic mass is 10.2. The summed E-state index contributed by atoms with van der Waals surface area (Å²) in [5, 5.41) is 18.4. The molecule has 0 aliphatic carbocycles. The van der Waals surface area contributed by atoms with Crippen molar-refractivity contribution >= 4 is 0 Å². The normalized spacial score (nSPS) is 9.65. The minimum atomic E-state index is 0.107. The Morgan fingerprint density at radius 1 is 1.29 bits per heavy atom. The maximum absolute atomic E-state index is 9.52. The molecule has 84 valence electrons. The highest BCUT2D eigenvalue weighted by Crippen LogP contribution is 2.29. The zero-order chi connectivity index (χ0) is 12.3. The van der Waals surface area contributed by atoms with E-state index in [1.165, 1.54) is 12.4 Å². The van der Waals surface area contributed by atoms with Gasteiger partial charge in [0.1, 0.15) is 17.6 Å². The van der Waals surface area contributed by atoms with Crippen LogP contribution in [0.3, 0.4) is 0 Å². The molecule has 1 heterocycles. The van der Waals surface area contributed by atoms with E-state index >= 15 is 0 Å². The van der Waals surface area contributed by atoms with E-state index in [-0.39, 0.29) is 17.3 Å². The van der Waals surface area contributed by atoms with Gasteiger partial charge in [0.05, 0.1) is 0 Å². The SMILES string of the molecule is Cc1c(O)cccc1Oc1nccnc1C#N. The fraction of sp³-hybridized carbons (Fsp3) is 0.0833. The molecule has 0 saturated carbocycles. The molecule has 0 radical (unpaired) electrons. The van der Waals surface area contributed by atoms with Gasteiger partial charge in [0.25, 0.3) is 5.88 Å². The van der Waals surface area contributed by atoms with E-state index < -0.39 is 0 Å². The van der Waals surface area contributed by atoms with Gasteiger partial charge in [0.15, 0.2) is 0 Å². The second-order valence-electron chi connectivity index (χ2n) is 3.32. The summed E-state index contributed by atoms with van der Waals surface area (Å²) in [4.78, 5) is 7.76. The van der Waals surface area contributed by atoms with Crippen molar-refractivity contribution in [2.45, 2.75) is 6.92 Å². The van der Waals surface area contributed by atoms with Gasteiger partial charge < -0.3 is 9.84 Å². The molecule has 0 saturated heterocycles. The summed E-state index contributed by atoms with van der Waals surface area (Å²) in [6.45, 7) is 1.72. The zero-order valence-corrected chi connectivity index (χ0v) is 9.08. The number of ether oxygens (including phenoxy) is 1. The molecule has 0 aliphatic heterocycles. The average Bonchev–Trinajstić information content (AvgIpc) is 2.35. The molecule has 0 bridgehead atoms. The Hall–Kier alpha value is -2.61. The van der Waals surface area contributed by atoms with Crippen LogP contribution in [0.1, 0.15) is 11.3 Å². The Balaban J connectivity index is 2.39. The lowest BCUT2D eigenvalue weighted by molar-refractivity contribution is 0.436. The van der Waals surface area contributed by atoms with Crippen LogP contribution in [0.2, 0.25) is 0 Å². The molecule has 2 rings (SSSR count). The zero-order valence-electron chi connectivity index (χ0n) is 9.08. The molecular weight excluding hydrogens is 218 g/mol. The first-order chi connectivity index (χ1) is 8.22. The van der Waals surface area contributed by atoms with Gasteiger partial charge in [-0.3, -0.25) is 0 Å². The Morgan fingerprint density at radius 2 is 2.06 bits per heavy atom. The van der Waals surface area contributed by atoms with Crippen molar-refractivity contribution in [3.8, 4) is 23.4 Å². The van der Waals surface area contributed by atoms with Gasteiger partial charge in [0, 0.05) is 18.0 Å². The Bertz CT molecular complexity index is 591. The largest absolute Gasteiger partial charge is 0.508 e. The summed E-state index contributed by atoms with van der Waals surface area (Å²) in [5.74, 6) is 0.704. The van der Waals surface area contributed by atoms with Gasteiger partial charge in [-0.05, 0) is 19.1 Å². The minimum Gasteiger partial charge on any atom is -0.508 e. The number of benzene rings is 1. The number of nitrogens with zero attached hydrogens (tertiary/aromatic N) is 3. The lowest BCUT2D eigenvalue weighted by Gasteiger charge is -2.08. The monoisotopic (exact) mass is 227 g/mol. The molecule has 1 aromatic heterocycles. The first-order valence-electron chi connectivity index (χ1n) is 4.90. The number of rotatable bonds is 2. The van der Waals surface area contributed by atoms with Gasteiger partial charge in [0.2, 0.25) is 5.69 Å². The Kier molecular flexibility index (Phi) is 2.88. The van der Waals surface area contributed by atoms with Crippen molar-refractivity contribution in [3.05, 3.63) is 41.9 Å². The predicted molar refractivity (Wildman–Crippen MR) is 59.7 cm³/mol. The molecule has 0 fully saturated rings. The highest BCUT2D eigenvalue weighted by atomic mass is 16.5. The van der Waals surface area contributed by atoms with E-state index in [2.05, 4.69) is 9.97 Å². The molecule has 5 heteroatoms. The van der Waals surface area contributed by atoms with Crippen molar-refractivity contribution in [1.29, 1.82) is 5.26 Å². The van der Waals surface area contributed by atoms with Gasteiger partial charge in [-0.25, -0.2) is 9.97 Å². The van der Waals surface area contributed by atoms with E-state index in [4.69, 9.17) is 10.00 Å². The van der Waals surface area contributed by atoms with Crippen molar-refractivity contribution in [2.75, 3.05) is 0 Å². The van der Waals surface area contributed by atoms with Crippen LogP contribution >= 0.6 is 0 Å². The number of nitriles is 1. The average molecular weight is 227 g/mol. The molecule has 5 nitrogen and oxygen atoms in total. The molecule has 0 amide bonds. The summed E-state index contributed by atoms with van der Waals surface area (Å²) in [5.41, 5.74) is 0.692. The van der Waals surface area contributed by atoms with E-state index in [0.29, 0.717) is 11.3 Å². The number of aromatic hydroxyl groups is 1. The molecular formula is C12H9N3O2. The van der Waals surface area contributed by atoms with Gasteiger partial charge in [-0.2, -0.15) is 5.26 Å². The fourth-order valence-electron chi connectivity index (χ4n) is 1.29. The molecule has 1 N–H and O–H groups in total. The second-order valence-corrected chi connectivity index (χ2v) is 3.32. The molecule has 0 unspecified atom stereocenters. The maximum Gasteiger partial charge on any atom is 0.256 e. The number of phenols is 1. The molecule has 0 aliphatic rings. The summed E-state index contributed by atoms with van der Waals surface area (Å²) < 4.78 is 5.46. The summed E-state index contributed by atoms with van der Waals surface area (Å²) in [6, 6.07) is 6.79. The Labute approximate surface area is 98.0 Å². The smallest absolute Gasteiger partial charge is 0.256 e. The van der Waals surface area contributed by atoms with Crippen LogP contribution in [0.25, 0.3) is 0 Å². The Morgan fingerprint density at radius 3 is 2.82 bits per heavy atom. The van der Waals surface area contributed by atoms with Crippen LogP contribution in [-0.4, -0.2) is 15.1 Å². The van der Waals surface area contributed by atoms with Crippen LogP contribution in [-0.2, 0) is 0 Å². The number of phenolic OH excluding ortho intramolecular Hbond substituents is 1. The van der Waals surface area contributed by atoms with Crippen molar-refractivity contribution < 1.29 is 9.84 Å². The summed E-state index contributed by atoms with van der Waals surface area (Å²) in [6.07, 6.45) is 2.86. The van der Waals surface area contributed by atoms with E-state index in [0.717, 1.165) is 0 Å². The lowest BCUT2D eigenvalue weighted by Crippen LogP contribution is -1.95. The van der Waals surface area contributed by atoms with E-state index in [1.807, 2.05) is 6.07 Å². The predicted octanol–water partition coefficient (Wildman–Crippen LogP) is 2.15. The summed E-state index contributed by atoms with van der Waals surface area (Å²) in [7, 11) is 0. The topological polar surface area (TPSA) is 79.0 Å². The number of hydrogen-bond donors (Lipinski definition) is 1. The molecule has 1 aromatic carbocycles. The van der Waals surface area contributed by atoms with Crippen molar-refractivity contribution in [2.24, 2.45) is 0 Å². The highest BCUT2D eigenvalue weighted by molar-refractivity contribution is 5.45. The van der Waals surface area contributed by atoms with Crippen LogP contribution in [0.4, 0.5) is 0 Å². The van der Waals surface area contributed by atoms with Crippen LogP contribution in [0, 0.1) is 18.3 Å².